The highest BCUT2D eigenvalue weighted by atomic mass is 19.1. The fraction of sp³-hybridized carbons (Fsp3) is 0.714. The van der Waals surface area contributed by atoms with Crippen molar-refractivity contribution < 1.29 is 29.3 Å². The lowest BCUT2D eigenvalue weighted by Crippen LogP contribution is -2.69. The number of hydrogen-bond acceptors (Lipinski definition) is 4. The molecule has 0 aromatic heterocycles. The van der Waals surface area contributed by atoms with Gasteiger partial charge in [0, 0.05) is 16.7 Å². The lowest BCUT2D eigenvalue weighted by atomic mass is 9.45. The minimum atomic E-state index is -2.00. The van der Waals surface area contributed by atoms with Crippen LogP contribution < -0.4 is 0 Å². The van der Waals surface area contributed by atoms with Crippen LogP contribution in [0.3, 0.4) is 0 Å². The van der Waals surface area contributed by atoms with E-state index >= 15 is 4.39 Å². The summed E-state index contributed by atoms with van der Waals surface area (Å²) in [6.07, 6.45) is 4.22. The van der Waals surface area contributed by atoms with Gasteiger partial charge in [0.25, 0.3) is 0 Å². The SMILES string of the molecule is C[C@@H]1C[C@H]2C3CCC4=CC(=O)C=CC4(C)[C@@]3(F)[C@@H](O)CC2(C)[C@@]1(O)C(=O)O. The molecule has 0 bridgehead atoms. The number of halogens is 1. The van der Waals surface area contributed by atoms with E-state index in [9.17, 15) is 24.9 Å². The number of ketones is 1. The highest BCUT2D eigenvalue weighted by Crippen LogP contribution is 2.70. The van der Waals surface area contributed by atoms with E-state index in [1.54, 1.807) is 26.8 Å². The molecule has 0 saturated heterocycles. The van der Waals surface area contributed by atoms with Crippen molar-refractivity contribution in [2.24, 2.45) is 28.6 Å². The third-order valence-corrected chi connectivity index (χ3v) is 8.55. The maximum absolute atomic E-state index is 16.8. The Morgan fingerprint density at radius 2 is 1.96 bits per heavy atom. The number of aliphatic hydroxyl groups is 2. The molecule has 3 unspecified atom stereocenters. The topological polar surface area (TPSA) is 94.8 Å². The van der Waals surface area contributed by atoms with Crippen LogP contribution in [0, 0.1) is 28.6 Å². The van der Waals surface area contributed by atoms with Crippen LogP contribution in [0.1, 0.15) is 46.5 Å². The molecule has 3 N–H and O–H groups in total. The van der Waals surface area contributed by atoms with E-state index in [4.69, 9.17) is 0 Å². The molecule has 3 saturated carbocycles. The average Bonchev–Trinajstić information content (AvgIpc) is 2.79. The molecular weight excluding hydrogens is 351 g/mol. The predicted molar refractivity (Wildman–Crippen MR) is 95.5 cm³/mol. The largest absolute Gasteiger partial charge is 0.479 e. The number of aliphatic carboxylic acids is 1. The molecule has 0 spiro atoms. The van der Waals surface area contributed by atoms with Crippen LogP contribution in [-0.2, 0) is 9.59 Å². The van der Waals surface area contributed by atoms with Crippen molar-refractivity contribution in [2.45, 2.75) is 63.8 Å². The maximum Gasteiger partial charge on any atom is 0.336 e. The van der Waals surface area contributed by atoms with Crippen molar-refractivity contribution in [1.29, 1.82) is 0 Å². The number of aliphatic hydroxyl groups excluding tert-OH is 1. The lowest BCUT2D eigenvalue weighted by Gasteiger charge is -2.62. The van der Waals surface area contributed by atoms with E-state index in [2.05, 4.69) is 0 Å². The van der Waals surface area contributed by atoms with Crippen LogP contribution in [-0.4, -0.2) is 44.4 Å². The summed E-state index contributed by atoms with van der Waals surface area (Å²) in [5, 5.41) is 31.9. The fourth-order valence-electron chi connectivity index (χ4n) is 7.00. The molecule has 4 rings (SSSR count). The molecule has 6 heteroatoms. The summed E-state index contributed by atoms with van der Waals surface area (Å²) >= 11 is 0. The van der Waals surface area contributed by atoms with Crippen molar-refractivity contribution in [1.82, 2.24) is 0 Å². The molecule has 5 nitrogen and oxygen atoms in total. The molecule has 0 heterocycles. The van der Waals surface area contributed by atoms with Crippen LogP contribution in [0.5, 0.6) is 0 Å². The molecule has 148 valence electrons. The van der Waals surface area contributed by atoms with E-state index in [1.807, 2.05) is 0 Å². The molecule has 0 amide bonds. The lowest BCUT2D eigenvalue weighted by molar-refractivity contribution is -0.225. The molecular formula is C21H27FO5. The number of carboxylic acids is 1. The van der Waals surface area contributed by atoms with Gasteiger partial charge in [-0.2, -0.15) is 0 Å². The molecule has 3 fully saturated rings. The molecule has 0 aliphatic heterocycles. The highest BCUT2D eigenvalue weighted by Gasteiger charge is 2.76. The predicted octanol–water partition coefficient (Wildman–Crippen LogP) is 2.42. The Balaban J connectivity index is 1.85. The van der Waals surface area contributed by atoms with Crippen LogP contribution in [0.15, 0.2) is 23.8 Å². The number of carbonyl (C=O) groups excluding carboxylic acids is 1. The maximum atomic E-state index is 16.8. The zero-order valence-corrected chi connectivity index (χ0v) is 15.9. The second-order valence-corrected chi connectivity index (χ2v) is 9.47. The Kier molecular flexibility index (Phi) is 3.69. The van der Waals surface area contributed by atoms with Crippen molar-refractivity contribution in [2.75, 3.05) is 0 Å². The second kappa shape index (κ2) is 5.29. The van der Waals surface area contributed by atoms with Crippen LogP contribution in [0.25, 0.3) is 0 Å². The first kappa shape index (κ1) is 18.8. The van der Waals surface area contributed by atoms with Crippen LogP contribution in [0.4, 0.5) is 4.39 Å². The van der Waals surface area contributed by atoms with Gasteiger partial charge in [0.1, 0.15) is 0 Å². The monoisotopic (exact) mass is 378 g/mol. The molecule has 0 aromatic carbocycles. The zero-order chi connectivity index (χ0) is 20.0. The van der Waals surface area contributed by atoms with Gasteiger partial charge in [-0.25, -0.2) is 9.18 Å². The summed E-state index contributed by atoms with van der Waals surface area (Å²) in [7, 11) is 0. The highest BCUT2D eigenvalue weighted by molar-refractivity contribution is 6.01. The van der Waals surface area contributed by atoms with E-state index in [-0.39, 0.29) is 18.1 Å². The standard InChI is InChI=1S/C21H27FO5/c1-11-8-15-14-5-4-12-9-13(23)6-7-18(12,2)20(14,22)16(24)10-19(15,3)21(11,27)17(25)26/h6-7,9,11,14-16,24,27H,4-5,8,10H2,1-3H3,(H,25,26)/t11-,14?,15+,16+,18?,19?,20+,21+/m1/s1. The number of alkyl halides is 1. The van der Waals surface area contributed by atoms with Gasteiger partial charge in [-0.05, 0) is 56.6 Å². The second-order valence-electron chi connectivity index (χ2n) is 9.47. The van der Waals surface area contributed by atoms with Gasteiger partial charge in [0.2, 0.25) is 0 Å². The molecule has 27 heavy (non-hydrogen) atoms. The van der Waals surface area contributed by atoms with Gasteiger partial charge >= 0.3 is 5.97 Å². The van der Waals surface area contributed by atoms with E-state index in [1.165, 1.54) is 12.2 Å². The van der Waals surface area contributed by atoms with Gasteiger partial charge in [0.05, 0.1) is 6.10 Å². The van der Waals surface area contributed by atoms with Gasteiger partial charge in [-0.15, -0.1) is 0 Å². The molecule has 4 aliphatic rings. The molecule has 0 radical (unpaired) electrons. The van der Waals surface area contributed by atoms with E-state index in [0.29, 0.717) is 24.8 Å². The van der Waals surface area contributed by atoms with Gasteiger partial charge in [0.15, 0.2) is 17.1 Å². The zero-order valence-electron chi connectivity index (χ0n) is 15.9. The summed E-state index contributed by atoms with van der Waals surface area (Å²) in [5.74, 6) is -2.94. The summed E-state index contributed by atoms with van der Waals surface area (Å²) < 4.78 is 16.8. The van der Waals surface area contributed by atoms with E-state index in [0.717, 1.165) is 0 Å². The van der Waals surface area contributed by atoms with E-state index < -0.39 is 46.0 Å². The normalized spacial score (nSPS) is 54.0. The van der Waals surface area contributed by atoms with Crippen LogP contribution in [0.2, 0.25) is 0 Å². The Hall–Kier alpha value is -1.53. The van der Waals surface area contributed by atoms with Crippen molar-refractivity contribution in [3.8, 4) is 0 Å². The first-order valence-electron chi connectivity index (χ1n) is 9.70. The summed E-state index contributed by atoms with van der Waals surface area (Å²) in [5.41, 5.74) is -5.51. The summed E-state index contributed by atoms with van der Waals surface area (Å²) in [4.78, 5) is 23.8. The minimum Gasteiger partial charge on any atom is -0.479 e. The Bertz CT molecular complexity index is 789. The number of hydrogen-bond donors (Lipinski definition) is 3. The van der Waals surface area contributed by atoms with Crippen molar-refractivity contribution >= 4 is 11.8 Å². The molecule has 8 atom stereocenters. The number of allylic oxidation sites excluding steroid dienone is 4. The number of rotatable bonds is 1. The summed E-state index contributed by atoms with van der Waals surface area (Å²) in [6.45, 7) is 5.10. The Labute approximate surface area is 158 Å². The third kappa shape index (κ3) is 1.91. The number of carbonyl (C=O) groups is 2. The number of fused-ring (bicyclic) bond motifs is 5. The Morgan fingerprint density at radius 1 is 1.30 bits per heavy atom. The van der Waals surface area contributed by atoms with Gasteiger partial charge < -0.3 is 15.3 Å². The first-order chi connectivity index (χ1) is 12.4. The Morgan fingerprint density at radius 3 is 2.59 bits per heavy atom. The van der Waals surface area contributed by atoms with Crippen molar-refractivity contribution in [3.05, 3.63) is 23.8 Å². The molecule has 4 aliphatic carbocycles. The quantitative estimate of drug-likeness (QED) is 0.651. The van der Waals surface area contributed by atoms with Crippen LogP contribution >= 0.6 is 0 Å². The smallest absolute Gasteiger partial charge is 0.336 e. The van der Waals surface area contributed by atoms with Gasteiger partial charge in [-0.1, -0.05) is 25.5 Å². The summed E-state index contributed by atoms with van der Waals surface area (Å²) in [6, 6.07) is 0. The number of carboxylic acid groups (broad SMARTS) is 1. The minimum absolute atomic E-state index is 0.123. The third-order valence-electron chi connectivity index (χ3n) is 8.55. The van der Waals surface area contributed by atoms with Gasteiger partial charge in [-0.3, -0.25) is 4.79 Å². The first-order valence-corrected chi connectivity index (χ1v) is 9.70. The fourth-order valence-corrected chi connectivity index (χ4v) is 7.00. The van der Waals surface area contributed by atoms with Crippen molar-refractivity contribution in [3.63, 3.8) is 0 Å². The molecule has 0 aromatic rings. The average molecular weight is 378 g/mol.